The molecule has 25 heavy (non-hydrogen) atoms. The summed E-state index contributed by atoms with van der Waals surface area (Å²) < 4.78 is 28.5. The molecule has 3 aromatic rings. The van der Waals surface area contributed by atoms with E-state index in [2.05, 4.69) is 10.4 Å². The van der Waals surface area contributed by atoms with Crippen LogP contribution in [0.15, 0.2) is 47.3 Å². The molecule has 2 aromatic carbocycles. The van der Waals surface area contributed by atoms with Crippen molar-refractivity contribution in [2.24, 2.45) is 0 Å². The van der Waals surface area contributed by atoms with E-state index in [0.717, 1.165) is 23.8 Å². The quantitative estimate of drug-likeness (QED) is 0.667. The molecule has 0 spiro atoms. The van der Waals surface area contributed by atoms with Crippen molar-refractivity contribution in [3.05, 3.63) is 70.1 Å². The molecule has 0 N–H and O–H groups in total. The van der Waals surface area contributed by atoms with Crippen LogP contribution in [0.2, 0.25) is 0 Å². The van der Waals surface area contributed by atoms with E-state index in [-0.39, 0.29) is 0 Å². The average Bonchev–Trinajstić information content (AvgIpc) is 2.96. The predicted molar refractivity (Wildman–Crippen MR) is 85.9 cm³/mol. The highest BCUT2D eigenvalue weighted by Gasteiger charge is 2.22. The van der Waals surface area contributed by atoms with Crippen LogP contribution in [0.25, 0.3) is 5.69 Å². The summed E-state index contributed by atoms with van der Waals surface area (Å²) in [5.41, 5.74) is -0.241. The van der Waals surface area contributed by atoms with Crippen molar-refractivity contribution >= 4 is 11.7 Å². The van der Waals surface area contributed by atoms with E-state index in [9.17, 15) is 18.4 Å². The first kappa shape index (κ1) is 16.5. The summed E-state index contributed by atoms with van der Waals surface area (Å²) in [5.74, 6) is -1.98. The summed E-state index contributed by atoms with van der Waals surface area (Å²) in [7, 11) is 1.45. The van der Waals surface area contributed by atoms with Gasteiger partial charge in [0.2, 0.25) is 0 Å². The number of benzene rings is 2. The van der Waals surface area contributed by atoms with E-state index in [1.807, 2.05) is 6.92 Å². The Labute approximate surface area is 140 Å². The second kappa shape index (κ2) is 6.27. The summed E-state index contributed by atoms with van der Waals surface area (Å²) in [6.45, 7) is 1.89. The molecule has 3 rings (SSSR count). The summed E-state index contributed by atoms with van der Waals surface area (Å²) >= 11 is 0. The Morgan fingerprint density at radius 2 is 1.64 bits per heavy atom. The second-order valence-electron chi connectivity index (χ2n) is 5.33. The van der Waals surface area contributed by atoms with Gasteiger partial charge in [-0.2, -0.15) is 4.68 Å². The molecule has 0 aliphatic rings. The van der Waals surface area contributed by atoms with Gasteiger partial charge in [-0.15, -0.1) is 4.68 Å². The second-order valence-corrected chi connectivity index (χ2v) is 5.33. The smallest absolute Gasteiger partial charge is 0.295 e. The van der Waals surface area contributed by atoms with E-state index in [1.165, 1.54) is 11.9 Å². The summed E-state index contributed by atoms with van der Waals surface area (Å²) in [6, 6.07) is 9.28. The van der Waals surface area contributed by atoms with Crippen LogP contribution in [0.4, 0.5) is 19.3 Å². The Morgan fingerprint density at radius 3 is 2.24 bits per heavy atom. The molecule has 0 radical (unpaired) electrons. The number of anilines is 1. The molecule has 1 amide bonds. The number of carbonyl (C=O) groups excluding carboxylic acids is 1. The molecule has 7 nitrogen and oxygen atoms in total. The molecule has 0 bridgehead atoms. The number of hydrogen-bond donors (Lipinski definition) is 0. The molecule has 128 valence electrons. The number of aryl methyl sites for hydroxylation is 1. The van der Waals surface area contributed by atoms with Crippen LogP contribution in [0.3, 0.4) is 0 Å². The highest BCUT2D eigenvalue weighted by molar-refractivity contribution is 5.92. The van der Waals surface area contributed by atoms with Gasteiger partial charge in [0, 0.05) is 12.7 Å². The number of nitrogens with zero attached hydrogens (tertiary/aromatic N) is 5. The van der Waals surface area contributed by atoms with Crippen LogP contribution >= 0.6 is 0 Å². The maximum absolute atomic E-state index is 13.8. The Balaban J connectivity index is 2.00. The van der Waals surface area contributed by atoms with Gasteiger partial charge in [-0.1, -0.05) is 23.8 Å². The maximum Gasteiger partial charge on any atom is 0.377 e. The van der Waals surface area contributed by atoms with E-state index in [4.69, 9.17) is 0 Å². The van der Waals surface area contributed by atoms with E-state index < -0.39 is 29.0 Å². The van der Waals surface area contributed by atoms with E-state index in [0.29, 0.717) is 15.1 Å². The first-order valence-corrected chi connectivity index (χ1v) is 7.24. The summed E-state index contributed by atoms with van der Waals surface area (Å²) in [4.78, 5) is 26.0. The number of tetrazole rings is 1. The van der Waals surface area contributed by atoms with Crippen LogP contribution in [0.5, 0.6) is 0 Å². The highest BCUT2D eigenvalue weighted by Crippen LogP contribution is 2.15. The molecule has 0 fully saturated rings. The van der Waals surface area contributed by atoms with Gasteiger partial charge in [0.05, 0.1) is 0 Å². The monoisotopic (exact) mass is 345 g/mol. The average molecular weight is 345 g/mol. The molecule has 0 saturated heterocycles. The van der Waals surface area contributed by atoms with Crippen molar-refractivity contribution in [2.45, 2.75) is 6.92 Å². The highest BCUT2D eigenvalue weighted by atomic mass is 19.1. The van der Waals surface area contributed by atoms with Crippen LogP contribution in [0, 0.1) is 18.6 Å². The number of carbonyl (C=O) groups is 1. The normalized spacial score (nSPS) is 10.7. The van der Waals surface area contributed by atoms with Gasteiger partial charge < -0.3 is 0 Å². The standard InChI is InChI=1S/C16H13F2N5O2/c1-10-6-8-11(9-7-10)21(2)15(24)23-16(25)22(19-20-23)14-12(17)4-3-5-13(14)18/h3-9H,1-2H3. The zero-order valence-electron chi connectivity index (χ0n) is 13.3. The van der Waals surface area contributed by atoms with Crippen LogP contribution in [-0.2, 0) is 0 Å². The van der Waals surface area contributed by atoms with E-state index in [1.54, 1.807) is 24.3 Å². The van der Waals surface area contributed by atoms with Crippen molar-refractivity contribution in [2.75, 3.05) is 11.9 Å². The number of rotatable bonds is 2. The van der Waals surface area contributed by atoms with Gasteiger partial charge in [0.1, 0.15) is 5.69 Å². The van der Waals surface area contributed by atoms with Gasteiger partial charge >= 0.3 is 11.7 Å². The van der Waals surface area contributed by atoms with Crippen molar-refractivity contribution in [3.8, 4) is 5.69 Å². The lowest BCUT2D eigenvalue weighted by molar-refractivity contribution is 0.245. The fraction of sp³-hybridized carbons (Fsp3) is 0.125. The van der Waals surface area contributed by atoms with Gasteiger partial charge in [0.25, 0.3) is 0 Å². The number of hydrogen-bond acceptors (Lipinski definition) is 4. The predicted octanol–water partition coefficient (Wildman–Crippen LogP) is 2.12. The zero-order chi connectivity index (χ0) is 18.1. The third-order valence-electron chi connectivity index (χ3n) is 3.62. The minimum atomic E-state index is -1.08. The minimum absolute atomic E-state index is 0.408. The Morgan fingerprint density at radius 1 is 1.04 bits per heavy atom. The minimum Gasteiger partial charge on any atom is -0.295 e. The third-order valence-corrected chi connectivity index (χ3v) is 3.62. The molecule has 0 atom stereocenters. The Bertz CT molecular complexity index is 974. The van der Waals surface area contributed by atoms with Gasteiger partial charge in [-0.25, -0.2) is 18.4 Å². The lowest BCUT2D eigenvalue weighted by Gasteiger charge is -2.15. The molecule has 1 aromatic heterocycles. The SMILES string of the molecule is Cc1ccc(N(C)C(=O)n2nnn(-c3c(F)cccc3F)c2=O)cc1. The van der Waals surface area contributed by atoms with Crippen LogP contribution < -0.4 is 10.6 Å². The Hall–Kier alpha value is -3.36. The molecule has 1 heterocycles. The zero-order valence-corrected chi connectivity index (χ0v) is 13.3. The molecule has 0 unspecified atom stereocenters. The van der Waals surface area contributed by atoms with Crippen molar-refractivity contribution < 1.29 is 13.6 Å². The van der Waals surface area contributed by atoms with Crippen LogP contribution in [0.1, 0.15) is 5.56 Å². The molecule has 0 saturated carbocycles. The molecular weight excluding hydrogens is 332 g/mol. The molecular formula is C16H13F2N5O2. The van der Waals surface area contributed by atoms with Crippen molar-refractivity contribution in [3.63, 3.8) is 0 Å². The lowest BCUT2D eigenvalue weighted by atomic mass is 10.2. The number of aromatic nitrogens is 4. The molecule has 0 aliphatic heterocycles. The number of amides is 1. The fourth-order valence-corrected chi connectivity index (χ4v) is 2.22. The fourth-order valence-electron chi connectivity index (χ4n) is 2.22. The lowest BCUT2D eigenvalue weighted by Crippen LogP contribution is -2.39. The van der Waals surface area contributed by atoms with Crippen molar-refractivity contribution in [1.82, 2.24) is 19.8 Å². The largest absolute Gasteiger partial charge is 0.377 e. The number of halogens is 2. The number of para-hydroxylation sites is 1. The third kappa shape index (κ3) is 2.91. The van der Waals surface area contributed by atoms with Gasteiger partial charge in [-0.3, -0.25) is 4.90 Å². The molecule has 0 aliphatic carbocycles. The van der Waals surface area contributed by atoms with E-state index >= 15 is 0 Å². The Kier molecular flexibility index (Phi) is 4.14. The summed E-state index contributed by atoms with van der Waals surface area (Å²) in [5, 5.41) is 6.84. The summed E-state index contributed by atoms with van der Waals surface area (Å²) in [6.07, 6.45) is 0. The van der Waals surface area contributed by atoms with Gasteiger partial charge in [0.15, 0.2) is 11.6 Å². The molecule has 9 heteroatoms. The first-order valence-electron chi connectivity index (χ1n) is 7.24. The van der Waals surface area contributed by atoms with Gasteiger partial charge in [-0.05, 0) is 41.6 Å². The first-order chi connectivity index (χ1) is 11.9. The van der Waals surface area contributed by atoms with Crippen molar-refractivity contribution in [1.29, 1.82) is 0 Å². The maximum atomic E-state index is 13.8. The topological polar surface area (TPSA) is 73.0 Å². The van der Waals surface area contributed by atoms with Crippen LogP contribution in [-0.4, -0.2) is 32.9 Å².